The molecule has 0 unspecified atom stereocenters. The molecule has 1 aromatic rings. The molecule has 3 saturated heterocycles. The lowest BCUT2D eigenvalue weighted by molar-refractivity contribution is -0.165. The Bertz CT molecular complexity index is 1380. The molecule has 1 aromatic carbocycles. The number of rotatable bonds is 15. The number of hydrogen-bond acceptors (Lipinski definition) is 7. The molecule has 5 rings (SSSR count). The number of amides is 3. The predicted molar refractivity (Wildman–Crippen MR) is 186 cm³/mol. The molecular weight excluding hydrogens is 622 g/mol. The van der Waals surface area contributed by atoms with Gasteiger partial charge in [0.2, 0.25) is 17.7 Å². The first-order valence-corrected chi connectivity index (χ1v) is 18.2. The number of likely N-dealkylation sites (N-methyl/N-ethyl adjacent to an activating group) is 1. The molecule has 0 radical (unpaired) electrons. The third kappa shape index (κ3) is 6.83. The lowest BCUT2D eigenvalue weighted by Crippen LogP contribution is -2.61. The van der Waals surface area contributed by atoms with Gasteiger partial charge in [-0.3, -0.25) is 19.2 Å². The number of aliphatic hydroxyl groups is 1. The summed E-state index contributed by atoms with van der Waals surface area (Å²) in [5, 5.41) is 10.6. The van der Waals surface area contributed by atoms with E-state index in [1.54, 1.807) is 29.0 Å². The summed E-state index contributed by atoms with van der Waals surface area (Å²) in [6.45, 7) is 13.4. The van der Waals surface area contributed by atoms with E-state index in [2.05, 4.69) is 13.2 Å². The second kappa shape index (κ2) is 15.6. The molecule has 3 aliphatic heterocycles. The molecule has 268 valence electrons. The molecule has 1 saturated carbocycles. The van der Waals surface area contributed by atoms with Crippen molar-refractivity contribution in [2.45, 2.75) is 121 Å². The van der Waals surface area contributed by atoms with Crippen LogP contribution in [0.25, 0.3) is 0 Å². The van der Waals surface area contributed by atoms with Crippen LogP contribution in [0.3, 0.4) is 0 Å². The van der Waals surface area contributed by atoms with Gasteiger partial charge < -0.3 is 29.3 Å². The van der Waals surface area contributed by atoms with Crippen molar-refractivity contribution in [3.63, 3.8) is 0 Å². The number of carbonyl (C=O) groups excluding carboxylic acids is 4. The van der Waals surface area contributed by atoms with Gasteiger partial charge in [0, 0.05) is 26.1 Å². The van der Waals surface area contributed by atoms with Crippen LogP contribution >= 0.6 is 0 Å². The molecule has 10 nitrogen and oxygen atoms in total. The van der Waals surface area contributed by atoms with Crippen LogP contribution in [-0.4, -0.2) is 99.6 Å². The highest BCUT2D eigenvalue weighted by molar-refractivity contribution is 5.98. The van der Waals surface area contributed by atoms with Gasteiger partial charge in [-0.1, -0.05) is 75.6 Å². The Morgan fingerprint density at radius 3 is 2.39 bits per heavy atom. The van der Waals surface area contributed by atoms with E-state index in [-0.39, 0.29) is 42.7 Å². The number of nitrogens with zero attached hydrogens (tertiary/aromatic N) is 3. The van der Waals surface area contributed by atoms with Gasteiger partial charge in [0.1, 0.15) is 17.7 Å². The van der Waals surface area contributed by atoms with E-state index >= 15 is 0 Å². The Kier molecular flexibility index (Phi) is 11.7. The topological polar surface area (TPSA) is 117 Å². The van der Waals surface area contributed by atoms with E-state index in [0.29, 0.717) is 25.8 Å². The van der Waals surface area contributed by atoms with E-state index < -0.39 is 53.7 Å². The van der Waals surface area contributed by atoms with Crippen molar-refractivity contribution >= 4 is 23.7 Å². The largest absolute Gasteiger partial charge is 0.455 e. The summed E-state index contributed by atoms with van der Waals surface area (Å²) in [6.07, 6.45) is 8.75. The Labute approximate surface area is 291 Å². The van der Waals surface area contributed by atoms with Crippen molar-refractivity contribution in [3.8, 4) is 0 Å². The molecule has 3 heterocycles. The number of ether oxygens (including phenoxy) is 2. The minimum absolute atomic E-state index is 0.0249. The van der Waals surface area contributed by atoms with Gasteiger partial charge in [-0.2, -0.15) is 0 Å². The molecule has 0 aromatic heterocycles. The molecular formula is C39H55N3O7. The number of carbonyl (C=O) groups is 4. The monoisotopic (exact) mass is 677 g/mol. The Hall–Kier alpha value is -3.50. The maximum atomic E-state index is 14.9. The van der Waals surface area contributed by atoms with E-state index in [1.165, 1.54) is 0 Å². The van der Waals surface area contributed by atoms with Crippen LogP contribution in [0.15, 0.2) is 55.6 Å². The molecule has 3 amide bonds. The second-order valence-electron chi connectivity index (χ2n) is 14.7. The van der Waals surface area contributed by atoms with E-state index in [9.17, 15) is 24.3 Å². The van der Waals surface area contributed by atoms with Gasteiger partial charge in [-0.05, 0) is 50.5 Å². The summed E-state index contributed by atoms with van der Waals surface area (Å²) in [6, 6.07) is 7.21. The highest BCUT2D eigenvalue weighted by Gasteiger charge is 2.76. The fourth-order valence-electron chi connectivity index (χ4n) is 8.85. The summed E-state index contributed by atoms with van der Waals surface area (Å²) in [4.78, 5) is 62.1. The van der Waals surface area contributed by atoms with E-state index in [1.807, 2.05) is 56.0 Å². The van der Waals surface area contributed by atoms with Crippen molar-refractivity contribution in [2.75, 3.05) is 20.2 Å². The van der Waals surface area contributed by atoms with Gasteiger partial charge in [0.05, 0.1) is 36.6 Å². The number of likely N-dealkylation sites (tertiary alicyclic amines) is 1. The smallest absolute Gasteiger partial charge is 0.313 e. The van der Waals surface area contributed by atoms with Crippen molar-refractivity contribution in [1.82, 2.24) is 14.7 Å². The lowest BCUT2D eigenvalue weighted by Gasteiger charge is -2.43. The predicted octanol–water partition coefficient (Wildman–Crippen LogP) is 4.82. The molecule has 2 bridgehead atoms. The fraction of sp³-hybridized carbons (Fsp3) is 0.641. The molecule has 4 aliphatic rings. The van der Waals surface area contributed by atoms with Crippen molar-refractivity contribution in [2.24, 2.45) is 17.8 Å². The summed E-state index contributed by atoms with van der Waals surface area (Å²) in [5.74, 6) is -3.24. The first kappa shape index (κ1) is 36.8. The third-order valence-electron chi connectivity index (χ3n) is 11.6. The third-order valence-corrected chi connectivity index (χ3v) is 11.6. The van der Waals surface area contributed by atoms with Gasteiger partial charge in [-0.15, -0.1) is 13.2 Å². The van der Waals surface area contributed by atoms with Crippen molar-refractivity contribution in [1.29, 1.82) is 0 Å². The van der Waals surface area contributed by atoms with E-state index in [4.69, 9.17) is 9.47 Å². The van der Waals surface area contributed by atoms with Crippen LogP contribution in [-0.2, 0) is 28.7 Å². The quantitative estimate of drug-likeness (QED) is 0.209. The first-order valence-electron chi connectivity index (χ1n) is 18.2. The summed E-state index contributed by atoms with van der Waals surface area (Å²) >= 11 is 0. The number of aliphatic hydroxyl groups excluding tert-OH is 1. The summed E-state index contributed by atoms with van der Waals surface area (Å²) in [5.41, 5.74) is -0.491. The van der Waals surface area contributed by atoms with Crippen molar-refractivity contribution in [3.05, 3.63) is 61.2 Å². The Morgan fingerprint density at radius 1 is 1.08 bits per heavy atom. The van der Waals surface area contributed by atoms with Crippen LogP contribution in [0.4, 0.5) is 0 Å². The van der Waals surface area contributed by atoms with Crippen LogP contribution in [0, 0.1) is 17.8 Å². The molecule has 10 heteroatoms. The number of fused-ring (bicyclic) bond motifs is 1. The molecule has 1 spiro atoms. The highest BCUT2D eigenvalue weighted by Crippen LogP contribution is 2.59. The highest BCUT2D eigenvalue weighted by atomic mass is 16.6. The number of esters is 1. The van der Waals surface area contributed by atoms with Crippen LogP contribution in [0.5, 0.6) is 0 Å². The molecule has 49 heavy (non-hydrogen) atoms. The number of hydrogen-bond donors (Lipinski definition) is 1. The van der Waals surface area contributed by atoms with Crippen LogP contribution in [0.1, 0.15) is 90.2 Å². The van der Waals surface area contributed by atoms with Crippen molar-refractivity contribution < 1.29 is 33.8 Å². The minimum atomic E-state index is -1.22. The minimum Gasteiger partial charge on any atom is -0.455 e. The summed E-state index contributed by atoms with van der Waals surface area (Å²) in [7, 11) is 1.70. The SMILES string of the molecule is C=CCCC(=O)N(C)[C@H](C)[C@H](OC(=O)[C@@H]1[C@@H]2CC[C@]3(O2)[C@H](C(=O)N(CC=C)C2CCCCC2)N([C@@H](CO)C(C)C)C(=O)[C@@H]13)c1ccccc1. The average molecular weight is 678 g/mol. The Morgan fingerprint density at radius 2 is 1.78 bits per heavy atom. The maximum Gasteiger partial charge on any atom is 0.313 e. The number of benzene rings is 1. The zero-order valence-electron chi connectivity index (χ0n) is 29.7. The Balaban J connectivity index is 1.50. The molecule has 8 atom stereocenters. The average Bonchev–Trinajstić information content (AvgIpc) is 3.76. The normalized spacial score (nSPS) is 28.1. The molecule has 4 fully saturated rings. The van der Waals surface area contributed by atoms with Crippen LogP contribution in [0.2, 0.25) is 0 Å². The van der Waals surface area contributed by atoms with Gasteiger partial charge in [-0.25, -0.2) is 0 Å². The first-order chi connectivity index (χ1) is 23.5. The zero-order chi connectivity index (χ0) is 35.5. The van der Waals surface area contributed by atoms with Gasteiger partial charge in [0.15, 0.2) is 0 Å². The van der Waals surface area contributed by atoms with Gasteiger partial charge in [0.25, 0.3) is 0 Å². The zero-order valence-corrected chi connectivity index (χ0v) is 29.7. The molecule has 1 N–H and O–H groups in total. The molecule has 1 aliphatic carbocycles. The van der Waals surface area contributed by atoms with Crippen LogP contribution < -0.4 is 0 Å². The van der Waals surface area contributed by atoms with E-state index in [0.717, 1.165) is 37.7 Å². The standard InChI is InChI=1S/C39H55N3O7/c1-7-9-20-31(44)40(6)26(5)34(27-16-12-10-13-17-27)48-38(47)32-30-21-22-39(49-30)33(32)36(45)42(29(24-43)25(3)4)35(39)37(46)41(23-8-2)28-18-14-11-15-19-28/h7-8,10,12-13,16-17,25-26,28-30,32-35,43H,1-2,9,11,14-15,18-24H2,3-6H3/t26-,29+,30+,32-,33-,34+,35+,39-/m1/s1. The van der Waals surface area contributed by atoms with Gasteiger partial charge >= 0.3 is 5.97 Å². The maximum absolute atomic E-state index is 14.9. The lowest BCUT2D eigenvalue weighted by atomic mass is 9.70. The fourth-order valence-corrected chi connectivity index (χ4v) is 8.85. The number of allylic oxidation sites excluding steroid dienone is 1. The summed E-state index contributed by atoms with van der Waals surface area (Å²) < 4.78 is 13.1. The second-order valence-corrected chi connectivity index (χ2v) is 14.7.